The van der Waals surface area contributed by atoms with Gasteiger partial charge in [-0.3, -0.25) is 0 Å². The van der Waals surface area contributed by atoms with E-state index in [4.69, 9.17) is 8.40 Å². The van der Waals surface area contributed by atoms with E-state index in [9.17, 15) is 0 Å². The van der Waals surface area contributed by atoms with E-state index in [0.29, 0.717) is 5.92 Å². The number of rotatable bonds is 8. The van der Waals surface area contributed by atoms with Gasteiger partial charge in [0.15, 0.2) is 0 Å². The second kappa shape index (κ2) is 8.57. The van der Waals surface area contributed by atoms with Crippen molar-refractivity contribution in [1.82, 2.24) is 0 Å². The molecule has 0 spiro atoms. The fraction of sp³-hybridized carbons (Fsp3) is 1.00. The molecule has 2 nitrogen and oxygen atoms in total. The van der Waals surface area contributed by atoms with Gasteiger partial charge in [0.05, 0.1) is 0 Å². The van der Waals surface area contributed by atoms with Crippen LogP contribution >= 0.6 is 0 Å². The zero-order valence-corrected chi connectivity index (χ0v) is 12.9. The molecule has 16 heavy (non-hydrogen) atoms. The maximum atomic E-state index is 5.87. The summed E-state index contributed by atoms with van der Waals surface area (Å²) in [5, 5.41) is 0. The van der Waals surface area contributed by atoms with Gasteiger partial charge in [-0.25, -0.2) is 0 Å². The molecule has 0 heterocycles. The first-order valence-corrected chi connectivity index (χ1v) is 6.94. The summed E-state index contributed by atoms with van der Waals surface area (Å²) in [5.74, 6) is 0.674. The van der Waals surface area contributed by atoms with Gasteiger partial charge in [-0.15, -0.1) is 0 Å². The molecule has 0 N–H and O–H groups in total. The quantitative estimate of drug-likeness (QED) is 0.616. The van der Waals surface area contributed by atoms with Crippen LogP contribution in [0.2, 0.25) is 0 Å². The van der Waals surface area contributed by atoms with E-state index >= 15 is 0 Å². The molecule has 0 radical (unpaired) electrons. The minimum absolute atomic E-state index is 0.0377. The zero-order chi connectivity index (χ0) is 12.6. The minimum atomic E-state index is -0.122. The first kappa shape index (κ1) is 16.5. The normalized spacial score (nSPS) is 16.1. The Morgan fingerprint density at radius 2 is 1.81 bits per heavy atom. The fourth-order valence-electron chi connectivity index (χ4n) is 1.56. The van der Waals surface area contributed by atoms with Gasteiger partial charge in [0.2, 0.25) is 0 Å². The Hall–Kier alpha value is 0.504. The molecule has 0 fully saturated rings. The summed E-state index contributed by atoms with van der Waals surface area (Å²) < 4.78 is 11.2. The molecular formula is C13H27O2V. The van der Waals surface area contributed by atoms with Crippen molar-refractivity contribution in [2.24, 2.45) is 11.3 Å². The van der Waals surface area contributed by atoms with Crippen LogP contribution in [0.1, 0.15) is 60.3 Å². The number of hydrogen-bond donors (Lipinski definition) is 0. The van der Waals surface area contributed by atoms with Gasteiger partial charge in [-0.2, -0.15) is 0 Å². The van der Waals surface area contributed by atoms with E-state index in [1.807, 2.05) is 0 Å². The number of ether oxygens (including phenoxy) is 1. The van der Waals surface area contributed by atoms with Crippen molar-refractivity contribution >= 4 is 0 Å². The van der Waals surface area contributed by atoms with Crippen molar-refractivity contribution in [1.29, 1.82) is 0 Å². The Morgan fingerprint density at radius 1 is 1.19 bits per heavy atom. The van der Waals surface area contributed by atoms with Crippen LogP contribution in [-0.4, -0.2) is 12.9 Å². The molecule has 0 saturated carbocycles. The van der Waals surface area contributed by atoms with Crippen LogP contribution in [0.3, 0.4) is 0 Å². The molecule has 0 saturated heterocycles. The van der Waals surface area contributed by atoms with Crippen molar-refractivity contribution in [2.75, 3.05) is 6.61 Å². The van der Waals surface area contributed by atoms with E-state index < -0.39 is 0 Å². The molecular weight excluding hydrogens is 239 g/mol. The summed E-state index contributed by atoms with van der Waals surface area (Å²) in [6.45, 7) is 11.7. The molecule has 2 unspecified atom stereocenters. The van der Waals surface area contributed by atoms with Crippen LogP contribution in [0.4, 0.5) is 0 Å². The maximum absolute atomic E-state index is 5.87. The van der Waals surface area contributed by atoms with E-state index in [-0.39, 0.29) is 11.7 Å². The van der Waals surface area contributed by atoms with Crippen molar-refractivity contribution in [3.63, 3.8) is 0 Å². The number of hydrogen-bond acceptors (Lipinski definition) is 2. The second-order valence-corrected chi connectivity index (χ2v) is 5.88. The molecule has 0 aliphatic heterocycles. The van der Waals surface area contributed by atoms with Crippen molar-refractivity contribution in [3.8, 4) is 0 Å². The van der Waals surface area contributed by atoms with Gasteiger partial charge in [0, 0.05) is 0 Å². The van der Waals surface area contributed by atoms with E-state index in [1.165, 1.54) is 25.7 Å². The summed E-state index contributed by atoms with van der Waals surface area (Å²) in [4.78, 5) is 0. The second-order valence-electron chi connectivity index (χ2n) is 5.55. The molecule has 96 valence electrons. The van der Waals surface area contributed by atoms with Crippen LogP contribution in [0, 0.1) is 11.3 Å². The van der Waals surface area contributed by atoms with Gasteiger partial charge < -0.3 is 0 Å². The summed E-state index contributed by atoms with van der Waals surface area (Å²) in [6.07, 6.45) is 4.90. The Balaban J connectivity index is 3.98. The first-order valence-electron chi connectivity index (χ1n) is 6.37. The van der Waals surface area contributed by atoms with Gasteiger partial charge in [0.25, 0.3) is 0 Å². The SMILES string of the molecule is CCCCC(CC)COC([O][V])C(C)(C)C. The molecule has 0 aliphatic rings. The molecule has 0 rings (SSSR count). The monoisotopic (exact) mass is 266 g/mol. The molecule has 0 amide bonds. The van der Waals surface area contributed by atoms with Crippen LogP contribution in [0.15, 0.2) is 0 Å². The molecule has 0 aromatic rings. The van der Waals surface area contributed by atoms with Gasteiger partial charge in [-0.05, 0) is 0 Å². The van der Waals surface area contributed by atoms with Crippen LogP contribution < -0.4 is 0 Å². The first-order chi connectivity index (χ1) is 7.45. The molecule has 0 aromatic heterocycles. The Kier molecular flexibility index (Phi) is 8.84. The zero-order valence-electron chi connectivity index (χ0n) is 11.5. The Labute approximate surface area is 111 Å². The number of unbranched alkanes of at least 4 members (excludes halogenated alkanes) is 1. The molecule has 0 bridgehead atoms. The fourth-order valence-corrected chi connectivity index (χ4v) is 2.15. The summed E-state index contributed by atoms with van der Waals surface area (Å²) in [6, 6.07) is 0. The van der Waals surface area contributed by atoms with Gasteiger partial charge in [0.1, 0.15) is 0 Å². The van der Waals surface area contributed by atoms with Gasteiger partial charge >= 0.3 is 111 Å². The topological polar surface area (TPSA) is 18.5 Å². The predicted octanol–water partition coefficient (Wildman–Crippen LogP) is 4.07. The third-order valence-electron chi connectivity index (χ3n) is 2.83. The van der Waals surface area contributed by atoms with E-state index in [2.05, 4.69) is 52.4 Å². The van der Waals surface area contributed by atoms with Crippen molar-refractivity contribution in [2.45, 2.75) is 66.6 Å². The molecule has 0 aromatic carbocycles. The van der Waals surface area contributed by atoms with Crippen LogP contribution in [-0.2, 0) is 26.2 Å². The average molecular weight is 266 g/mol. The molecule has 2 atom stereocenters. The van der Waals surface area contributed by atoms with Gasteiger partial charge in [-0.1, -0.05) is 0 Å². The van der Waals surface area contributed by atoms with E-state index in [1.54, 1.807) is 0 Å². The van der Waals surface area contributed by atoms with Crippen molar-refractivity contribution in [3.05, 3.63) is 0 Å². The molecule has 0 aliphatic carbocycles. The summed E-state index contributed by atoms with van der Waals surface area (Å²) >= 11 is 2.17. The van der Waals surface area contributed by atoms with Crippen molar-refractivity contribution < 1.29 is 26.2 Å². The van der Waals surface area contributed by atoms with Crippen LogP contribution in [0.25, 0.3) is 0 Å². The third-order valence-corrected chi connectivity index (χ3v) is 3.13. The average Bonchev–Trinajstić information content (AvgIpc) is 2.21. The summed E-state index contributed by atoms with van der Waals surface area (Å²) in [7, 11) is 0. The van der Waals surface area contributed by atoms with E-state index in [0.717, 1.165) is 6.61 Å². The Bertz CT molecular complexity index is 166. The standard InChI is InChI=1S/C13H27O2.V/c1-6-8-9-11(7-2)10-15-12(14)13(3,4)5;/h11-12H,6-10H2,1-5H3;/q-1;+1. The molecule has 3 heteroatoms. The third kappa shape index (κ3) is 6.95. The summed E-state index contributed by atoms with van der Waals surface area (Å²) in [5.41, 5.74) is 0.0377. The predicted molar refractivity (Wildman–Crippen MR) is 63.6 cm³/mol. The van der Waals surface area contributed by atoms with Crippen LogP contribution in [0.5, 0.6) is 0 Å². The Morgan fingerprint density at radius 3 is 2.19 bits per heavy atom.